The van der Waals surface area contributed by atoms with E-state index < -0.39 is 0 Å². The number of nitrogens with two attached hydrogens (primary N) is 1. The van der Waals surface area contributed by atoms with Crippen molar-refractivity contribution in [1.82, 2.24) is 4.90 Å². The first-order valence-electron chi connectivity index (χ1n) is 8.26. The van der Waals surface area contributed by atoms with E-state index in [9.17, 15) is 0 Å². The van der Waals surface area contributed by atoms with Crippen LogP contribution in [0.5, 0.6) is 0 Å². The Balaban J connectivity index is 2.02. The molecule has 2 aliphatic rings. The first kappa shape index (κ1) is 14.3. The predicted molar refractivity (Wildman–Crippen MR) is 78.7 cm³/mol. The summed E-state index contributed by atoms with van der Waals surface area (Å²) in [6.45, 7) is 5.77. The zero-order chi connectivity index (χ0) is 12.8. The second kappa shape index (κ2) is 6.91. The summed E-state index contributed by atoms with van der Waals surface area (Å²) in [6, 6.07) is 0. The van der Waals surface area contributed by atoms with Crippen LogP contribution in [0, 0.1) is 5.92 Å². The van der Waals surface area contributed by atoms with Gasteiger partial charge in [0.15, 0.2) is 0 Å². The quantitative estimate of drug-likeness (QED) is 0.733. The molecule has 2 heteroatoms. The van der Waals surface area contributed by atoms with Crippen molar-refractivity contribution in [1.29, 1.82) is 0 Å². The minimum atomic E-state index is 0.349. The molecule has 2 aliphatic carbocycles. The summed E-state index contributed by atoms with van der Waals surface area (Å²) < 4.78 is 0. The molecule has 18 heavy (non-hydrogen) atoms. The fourth-order valence-corrected chi connectivity index (χ4v) is 3.82. The first-order chi connectivity index (χ1) is 8.80. The fraction of sp³-hybridized carbons (Fsp3) is 1.00. The van der Waals surface area contributed by atoms with Crippen molar-refractivity contribution in [3.8, 4) is 0 Å². The molecule has 0 aromatic carbocycles. The number of rotatable bonds is 6. The third kappa shape index (κ3) is 3.27. The molecular weight excluding hydrogens is 220 g/mol. The van der Waals surface area contributed by atoms with Crippen LogP contribution in [0.3, 0.4) is 0 Å². The monoisotopic (exact) mass is 252 g/mol. The topological polar surface area (TPSA) is 29.3 Å². The Morgan fingerprint density at radius 3 is 2.17 bits per heavy atom. The van der Waals surface area contributed by atoms with Gasteiger partial charge in [-0.25, -0.2) is 0 Å². The van der Waals surface area contributed by atoms with Crippen molar-refractivity contribution in [3.63, 3.8) is 0 Å². The Morgan fingerprint density at radius 1 is 1.06 bits per heavy atom. The van der Waals surface area contributed by atoms with Gasteiger partial charge in [-0.3, -0.25) is 4.90 Å². The summed E-state index contributed by atoms with van der Waals surface area (Å²) in [7, 11) is 0. The third-order valence-corrected chi connectivity index (χ3v) is 5.28. The molecule has 0 unspecified atom stereocenters. The molecule has 106 valence electrons. The second-order valence-corrected chi connectivity index (χ2v) is 6.59. The second-order valence-electron chi connectivity index (χ2n) is 6.59. The lowest BCUT2D eigenvalue weighted by atomic mass is 9.81. The van der Waals surface area contributed by atoms with E-state index in [1.165, 1.54) is 77.3 Å². The van der Waals surface area contributed by atoms with Crippen LogP contribution < -0.4 is 5.73 Å². The Bertz CT molecular complexity index is 227. The van der Waals surface area contributed by atoms with Gasteiger partial charge in [0.25, 0.3) is 0 Å². The Kier molecular flexibility index (Phi) is 5.50. The molecule has 2 fully saturated rings. The summed E-state index contributed by atoms with van der Waals surface area (Å²) in [5, 5.41) is 0. The standard InChI is InChI=1S/C16H32N2/c1-2-12-18(13-15-8-7-9-15)16(14-17)10-5-3-4-6-11-16/h15H,2-14,17H2,1H3. The molecule has 0 radical (unpaired) electrons. The van der Waals surface area contributed by atoms with Gasteiger partial charge in [-0.1, -0.05) is 39.0 Å². The van der Waals surface area contributed by atoms with Crippen LogP contribution in [0.2, 0.25) is 0 Å². The highest BCUT2D eigenvalue weighted by atomic mass is 15.2. The SMILES string of the molecule is CCCN(CC1CCC1)C1(CN)CCCCCC1. The molecule has 2 nitrogen and oxygen atoms in total. The Morgan fingerprint density at radius 2 is 1.72 bits per heavy atom. The van der Waals surface area contributed by atoms with E-state index in [0.717, 1.165) is 12.5 Å². The van der Waals surface area contributed by atoms with Crippen LogP contribution in [0.1, 0.15) is 71.1 Å². The first-order valence-corrected chi connectivity index (χ1v) is 8.26. The van der Waals surface area contributed by atoms with Crippen molar-refractivity contribution in [2.24, 2.45) is 11.7 Å². The van der Waals surface area contributed by atoms with Gasteiger partial charge >= 0.3 is 0 Å². The number of hydrogen-bond acceptors (Lipinski definition) is 2. The van der Waals surface area contributed by atoms with Gasteiger partial charge in [-0.15, -0.1) is 0 Å². The summed E-state index contributed by atoms with van der Waals surface area (Å²) in [6.07, 6.45) is 14.0. The van der Waals surface area contributed by atoms with Gasteiger partial charge in [-0.05, 0) is 44.6 Å². The minimum Gasteiger partial charge on any atom is -0.329 e. The lowest BCUT2D eigenvalue weighted by Gasteiger charge is -2.46. The van der Waals surface area contributed by atoms with E-state index in [0.29, 0.717) is 5.54 Å². The highest BCUT2D eigenvalue weighted by Crippen LogP contribution is 2.35. The van der Waals surface area contributed by atoms with Gasteiger partial charge in [-0.2, -0.15) is 0 Å². The minimum absolute atomic E-state index is 0.349. The van der Waals surface area contributed by atoms with Crippen LogP contribution in [0.15, 0.2) is 0 Å². The number of hydrogen-bond donors (Lipinski definition) is 1. The predicted octanol–water partition coefficient (Wildman–Crippen LogP) is 3.55. The molecule has 2 N–H and O–H groups in total. The molecule has 0 aliphatic heterocycles. The highest BCUT2D eigenvalue weighted by molar-refractivity contribution is 4.94. The highest BCUT2D eigenvalue weighted by Gasteiger charge is 2.37. The molecule has 2 saturated carbocycles. The van der Waals surface area contributed by atoms with Crippen molar-refractivity contribution in [3.05, 3.63) is 0 Å². The molecule has 0 heterocycles. The average Bonchev–Trinajstić information content (AvgIpc) is 2.58. The van der Waals surface area contributed by atoms with Crippen molar-refractivity contribution in [2.75, 3.05) is 19.6 Å². The molecule has 0 saturated heterocycles. The maximum atomic E-state index is 6.23. The van der Waals surface area contributed by atoms with E-state index in [2.05, 4.69) is 11.8 Å². The summed E-state index contributed by atoms with van der Waals surface area (Å²) in [5.74, 6) is 0.975. The summed E-state index contributed by atoms with van der Waals surface area (Å²) >= 11 is 0. The maximum Gasteiger partial charge on any atom is 0.0331 e. The number of nitrogens with zero attached hydrogens (tertiary/aromatic N) is 1. The van der Waals surface area contributed by atoms with Crippen LogP contribution in [-0.4, -0.2) is 30.1 Å². The molecular formula is C16H32N2. The third-order valence-electron chi connectivity index (χ3n) is 5.28. The molecule has 0 spiro atoms. The molecule has 0 aromatic heterocycles. The van der Waals surface area contributed by atoms with Crippen LogP contribution in [0.25, 0.3) is 0 Å². The van der Waals surface area contributed by atoms with Gasteiger partial charge < -0.3 is 5.73 Å². The van der Waals surface area contributed by atoms with E-state index in [1.807, 2.05) is 0 Å². The summed E-state index contributed by atoms with van der Waals surface area (Å²) in [5.41, 5.74) is 6.58. The van der Waals surface area contributed by atoms with Crippen LogP contribution in [-0.2, 0) is 0 Å². The van der Waals surface area contributed by atoms with Crippen LogP contribution in [0.4, 0.5) is 0 Å². The van der Waals surface area contributed by atoms with Crippen molar-refractivity contribution < 1.29 is 0 Å². The molecule has 0 atom stereocenters. The molecule has 0 bridgehead atoms. The zero-order valence-electron chi connectivity index (χ0n) is 12.3. The molecule has 0 amide bonds. The summed E-state index contributed by atoms with van der Waals surface area (Å²) in [4.78, 5) is 2.79. The normalized spacial score (nSPS) is 24.8. The lowest BCUT2D eigenvalue weighted by molar-refractivity contribution is 0.0460. The Hall–Kier alpha value is -0.0800. The van der Waals surface area contributed by atoms with Crippen molar-refractivity contribution in [2.45, 2.75) is 76.7 Å². The maximum absolute atomic E-state index is 6.23. The van der Waals surface area contributed by atoms with Gasteiger partial charge in [0.05, 0.1) is 0 Å². The fourth-order valence-electron chi connectivity index (χ4n) is 3.82. The Labute approximate surface area is 113 Å². The van der Waals surface area contributed by atoms with E-state index >= 15 is 0 Å². The van der Waals surface area contributed by atoms with Gasteiger partial charge in [0.2, 0.25) is 0 Å². The van der Waals surface area contributed by atoms with E-state index in [1.54, 1.807) is 0 Å². The van der Waals surface area contributed by atoms with Crippen molar-refractivity contribution >= 4 is 0 Å². The largest absolute Gasteiger partial charge is 0.329 e. The molecule has 0 aromatic rings. The smallest absolute Gasteiger partial charge is 0.0331 e. The average molecular weight is 252 g/mol. The van der Waals surface area contributed by atoms with Crippen LogP contribution >= 0.6 is 0 Å². The van der Waals surface area contributed by atoms with Gasteiger partial charge in [0.1, 0.15) is 0 Å². The van der Waals surface area contributed by atoms with E-state index in [-0.39, 0.29) is 0 Å². The zero-order valence-corrected chi connectivity index (χ0v) is 12.3. The van der Waals surface area contributed by atoms with E-state index in [4.69, 9.17) is 5.73 Å². The van der Waals surface area contributed by atoms with Gasteiger partial charge in [0, 0.05) is 18.6 Å². The molecule has 2 rings (SSSR count). The lowest BCUT2D eigenvalue weighted by Crippen LogP contribution is -2.55.